The zero-order valence-electron chi connectivity index (χ0n) is 16.5. The van der Waals surface area contributed by atoms with E-state index in [4.69, 9.17) is 11.6 Å². The number of pyridine rings is 1. The molecule has 4 aromatic rings. The van der Waals surface area contributed by atoms with Crippen molar-refractivity contribution in [2.75, 3.05) is 13.1 Å². The van der Waals surface area contributed by atoms with Gasteiger partial charge in [-0.3, -0.25) is 9.88 Å². The third kappa shape index (κ3) is 3.44. The van der Waals surface area contributed by atoms with Gasteiger partial charge in [-0.25, -0.2) is 13.8 Å². The Kier molecular flexibility index (Phi) is 4.91. The maximum absolute atomic E-state index is 13.8. The van der Waals surface area contributed by atoms with Crippen LogP contribution in [0.25, 0.3) is 21.9 Å². The van der Waals surface area contributed by atoms with E-state index >= 15 is 0 Å². The summed E-state index contributed by atoms with van der Waals surface area (Å²) in [5, 5.41) is 0.982. The van der Waals surface area contributed by atoms with Crippen molar-refractivity contribution in [1.82, 2.24) is 19.9 Å². The van der Waals surface area contributed by atoms with Gasteiger partial charge >= 0.3 is 0 Å². The zero-order valence-corrected chi connectivity index (χ0v) is 17.3. The second-order valence-electron chi connectivity index (χ2n) is 7.95. The van der Waals surface area contributed by atoms with Crippen molar-refractivity contribution in [3.8, 4) is 0 Å². The number of nitrogens with one attached hydrogen (secondary N) is 1. The zero-order chi connectivity index (χ0) is 20.8. The fourth-order valence-electron chi connectivity index (χ4n) is 4.49. The third-order valence-electron chi connectivity index (χ3n) is 6.19. The van der Waals surface area contributed by atoms with Crippen LogP contribution in [0.1, 0.15) is 43.1 Å². The molecular formula is C23H21ClF2N4. The summed E-state index contributed by atoms with van der Waals surface area (Å²) in [6.45, 7) is 3.90. The number of benzene rings is 2. The number of imidazole rings is 1. The molecule has 0 bridgehead atoms. The number of piperidine rings is 1. The molecular weight excluding hydrogens is 406 g/mol. The van der Waals surface area contributed by atoms with Crippen LogP contribution in [0.2, 0.25) is 5.02 Å². The molecule has 0 amide bonds. The van der Waals surface area contributed by atoms with E-state index in [1.54, 1.807) is 18.2 Å². The molecule has 4 nitrogen and oxygen atoms in total. The van der Waals surface area contributed by atoms with Gasteiger partial charge in [0.05, 0.1) is 27.6 Å². The minimum Gasteiger partial charge on any atom is -0.341 e. The van der Waals surface area contributed by atoms with Crippen LogP contribution in [0, 0.1) is 11.6 Å². The van der Waals surface area contributed by atoms with Crippen LogP contribution in [-0.4, -0.2) is 32.9 Å². The van der Waals surface area contributed by atoms with Crippen LogP contribution in [0.4, 0.5) is 8.78 Å². The summed E-state index contributed by atoms with van der Waals surface area (Å²) in [6.07, 6.45) is 3.75. The van der Waals surface area contributed by atoms with E-state index in [0.717, 1.165) is 42.7 Å². The van der Waals surface area contributed by atoms with E-state index in [-0.39, 0.29) is 16.9 Å². The van der Waals surface area contributed by atoms with Crippen LogP contribution >= 0.6 is 11.6 Å². The van der Waals surface area contributed by atoms with E-state index in [2.05, 4.69) is 26.8 Å². The molecule has 1 aliphatic heterocycles. The number of rotatable bonds is 3. The van der Waals surface area contributed by atoms with Crippen molar-refractivity contribution >= 4 is 33.5 Å². The summed E-state index contributed by atoms with van der Waals surface area (Å²) in [5.74, 6) is 0.490. The van der Waals surface area contributed by atoms with E-state index in [1.165, 1.54) is 17.7 Å². The fraction of sp³-hybridized carbons (Fsp3) is 0.304. The first-order valence-electron chi connectivity index (χ1n) is 10.1. The predicted molar refractivity (Wildman–Crippen MR) is 115 cm³/mol. The van der Waals surface area contributed by atoms with Crippen LogP contribution in [0.3, 0.4) is 0 Å². The standard InChI is InChI=1S/C23H21ClF2N4/c1-13(23-28-21-11-18(24)19(26)12-22(21)29-23)30-8-5-14(6-9-30)16-4-7-27-20-3-2-15(25)10-17(16)20/h2-4,7,10-14H,5-6,8-9H2,1H3,(H,28,29). The Bertz CT molecular complexity index is 1190. The number of hydrogen-bond donors (Lipinski definition) is 1. The molecule has 0 saturated carbocycles. The average Bonchev–Trinajstić information content (AvgIpc) is 3.16. The highest BCUT2D eigenvalue weighted by molar-refractivity contribution is 6.31. The van der Waals surface area contributed by atoms with Crippen molar-refractivity contribution in [2.24, 2.45) is 0 Å². The van der Waals surface area contributed by atoms with Gasteiger partial charge in [0.2, 0.25) is 0 Å². The van der Waals surface area contributed by atoms with E-state index < -0.39 is 5.82 Å². The molecule has 0 aliphatic carbocycles. The molecule has 1 aliphatic rings. The SMILES string of the molecule is CC(c1nc2cc(Cl)c(F)cc2[nH]1)N1CCC(c2ccnc3ccc(F)cc23)CC1. The summed E-state index contributed by atoms with van der Waals surface area (Å²) in [6, 6.07) is 9.82. The fourth-order valence-corrected chi connectivity index (χ4v) is 4.65. The Hall–Kier alpha value is -2.57. The van der Waals surface area contributed by atoms with Crippen molar-refractivity contribution in [2.45, 2.75) is 31.7 Å². The molecule has 1 N–H and O–H groups in total. The Morgan fingerprint density at radius 1 is 1.10 bits per heavy atom. The molecule has 5 rings (SSSR count). The molecule has 2 aromatic carbocycles. The highest BCUT2D eigenvalue weighted by Crippen LogP contribution is 2.35. The van der Waals surface area contributed by atoms with E-state index in [0.29, 0.717) is 17.0 Å². The van der Waals surface area contributed by atoms with Gasteiger partial charge in [0, 0.05) is 17.6 Å². The summed E-state index contributed by atoms with van der Waals surface area (Å²) in [5.41, 5.74) is 3.32. The van der Waals surface area contributed by atoms with E-state index in [1.807, 2.05) is 12.3 Å². The summed E-state index contributed by atoms with van der Waals surface area (Å²) < 4.78 is 27.5. The molecule has 0 radical (unpaired) electrons. The summed E-state index contributed by atoms with van der Waals surface area (Å²) >= 11 is 5.88. The smallest absolute Gasteiger partial charge is 0.144 e. The first-order valence-corrected chi connectivity index (χ1v) is 10.5. The molecule has 3 heterocycles. The molecule has 1 unspecified atom stereocenters. The molecule has 1 fully saturated rings. The largest absolute Gasteiger partial charge is 0.341 e. The number of H-pyrrole nitrogens is 1. The molecule has 30 heavy (non-hydrogen) atoms. The van der Waals surface area contributed by atoms with Gasteiger partial charge in [-0.2, -0.15) is 0 Å². The van der Waals surface area contributed by atoms with Crippen LogP contribution in [0.15, 0.2) is 42.6 Å². The van der Waals surface area contributed by atoms with Gasteiger partial charge in [0.15, 0.2) is 0 Å². The molecule has 0 spiro atoms. The topological polar surface area (TPSA) is 44.8 Å². The molecule has 7 heteroatoms. The Balaban J connectivity index is 1.34. The quantitative estimate of drug-likeness (QED) is 0.438. The van der Waals surface area contributed by atoms with Crippen molar-refractivity contribution < 1.29 is 8.78 Å². The number of nitrogens with zero attached hydrogens (tertiary/aromatic N) is 3. The molecule has 154 valence electrons. The van der Waals surface area contributed by atoms with Gasteiger partial charge in [-0.05, 0) is 74.7 Å². The average molecular weight is 427 g/mol. The molecule has 2 aromatic heterocycles. The number of aromatic amines is 1. The van der Waals surface area contributed by atoms with Crippen LogP contribution in [-0.2, 0) is 0 Å². The van der Waals surface area contributed by atoms with Gasteiger partial charge in [-0.15, -0.1) is 0 Å². The lowest BCUT2D eigenvalue weighted by atomic mass is 9.87. The normalized spacial score (nSPS) is 17.1. The van der Waals surface area contributed by atoms with Gasteiger partial charge in [-0.1, -0.05) is 11.6 Å². The number of fused-ring (bicyclic) bond motifs is 2. The Morgan fingerprint density at radius 3 is 2.70 bits per heavy atom. The minimum atomic E-state index is -0.450. The van der Waals surface area contributed by atoms with Crippen LogP contribution < -0.4 is 0 Å². The highest BCUT2D eigenvalue weighted by atomic mass is 35.5. The van der Waals surface area contributed by atoms with Gasteiger partial charge in [0.1, 0.15) is 17.5 Å². The first-order chi connectivity index (χ1) is 14.5. The number of hydrogen-bond acceptors (Lipinski definition) is 3. The highest BCUT2D eigenvalue weighted by Gasteiger charge is 2.27. The predicted octanol–water partition coefficient (Wildman–Crippen LogP) is 5.98. The monoisotopic (exact) mass is 426 g/mol. The van der Waals surface area contributed by atoms with Gasteiger partial charge < -0.3 is 4.98 Å². The number of halogens is 3. The van der Waals surface area contributed by atoms with Crippen LogP contribution in [0.5, 0.6) is 0 Å². The third-order valence-corrected chi connectivity index (χ3v) is 6.48. The Labute approximate surface area is 177 Å². The Morgan fingerprint density at radius 2 is 1.90 bits per heavy atom. The second kappa shape index (κ2) is 7.60. The maximum atomic E-state index is 13.8. The lowest BCUT2D eigenvalue weighted by Crippen LogP contribution is -2.35. The number of aromatic nitrogens is 3. The lowest BCUT2D eigenvalue weighted by Gasteiger charge is -2.35. The summed E-state index contributed by atoms with van der Waals surface area (Å²) in [7, 11) is 0. The summed E-state index contributed by atoms with van der Waals surface area (Å²) in [4.78, 5) is 14.6. The van der Waals surface area contributed by atoms with Crippen molar-refractivity contribution in [3.63, 3.8) is 0 Å². The molecule has 1 saturated heterocycles. The van der Waals surface area contributed by atoms with Crippen molar-refractivity contribution in [1.29, 1.82) is 0 Å². The first kappa shape index (κ1) is 19.4. The minimum absolute atomic E-state index is 0.0758. The molecule has 1 atom stereocenters. The van der Waals surface area contributed by atoms with Crippen molar-refractivity contribution in [3.05, 3.63) is 70.6 Å². The van der Waals surface area contributed by atoms with E-state index in [9.17, 15) is 8.78 Å². The lowest BCUT2D eigenvalue weighted by molar-refractivity contribution is 0.158. The number of likely N-dealkylation sites (tertiary alicyclic amines) is 1. The van der Waals surface area contributed by atoms with Gasteiger partial charge in [0.25, 0.3) is 0 Å². The second-order valence-corrected chi connectivity index (χ2v) is 8.36. The maximum Gasteiger partial charge on any atom is 0.144 e.